The van der Waals surface area contributed by atoms with Gasteiger partial charge in [0.25, 0.3) is 0 Å². The highest BCUT2D eigenvalue weighted by Crippen LogP contribution is 2.37. The predicted octanol–water partition coefficient (Wildman–Crippen LogP) is 3.74. The second-order valence-corrected chi connectivity index (χ2v) is 6.15. The number of rotatable bonds is 4. The van der Waals surface area contributed by atoms with Crippen LogP contribution in [-0.4, -0.2) is 30.4 Å². The Labute approximate surface area is 125 Å². The maximum Gasteiger partial charge on any atom is 0.177 e. The van der Waals surface area contributed by atoms with Gasteiger partial charge >= 0.3 is 0 Å². The number of carbonyl (C=O) groups is 1. The van der Waals surface area contributed by atoms with Crippen LogP contribution < -0.4 is 9.64 Å². The average molecular weight is 296 g/mol. The Morgan fingerprint density at radius 1 is 1.40 bits per heavy atom. The van der Waals surface area contributed by atoms with Crippen LogP contribution in [0.2, 0.25) is 0 Å². The number of Topliss-reactive ketones (excluding diaryl/α,β-unsaturated/α-hetero) is 1. The van der Waals surface area contributed by atoms with E-state index in [9.17, 15) is 4.79 Å². The van der Waals surface area contributed by atoms with Crippen molar-refractivity contribution in [2.45, 2.75) is 39.8 Å². The Morgan fingerprint density at radius 2 is 2.10 bits per heavy atom. The lowest BCUT2D eigenvalue weighted by molar-refractivity contribution is 0.102. The van der Waals surface area contributed by atoms with E-state index in [-0.39, 0.29) is 17.8 Å². The molecule has 0 amide bonds. The largest absolute Gasteiger partial charge is 0.486 e. The van der Waals surface area contributed by atoms with Crippen LogP contribution in [0.3, 0.4) is 0 Å². The van der Waals surface area contributed by atoms with Gasteiger partial charge in [-0.05, 0) is 38.0 Å². The number of anilines is 1. The first-order chi connectivity index (χ1) is 9.43. The molecule has 0 saturated carbocycles. The van der Waals surface area contributed by atoms with E-state index in [0.29, 0.717) is 17.5 Å². The molecule has 0 saturated heterocycles. The van der Waals surface area contributed by atoms with Crippen molar-refractivity contribution in [2.24, 2.45) is 5.92 Å². The minimum Gasteiger partial charge on any atom is -0.486 e. The zero-order valence-electron chi connectivity index (χ0n) is 12.5. The van der Waals surface area contributed by atoms with Gasteiger partial charge in [-0.25, -0.2) is 0 Å². The smallest absolute Gasteiger partial charge is 0.177 e. The van der Waals surface area contributed by atoms with Crippen LogP contribution >= 0.6 is 11.6 Å². The molecule has 4 heteroatoms. The van der Waals surface area contributed by atoms with Crippen LogP contribution in [0, 0.1) is 5.92 Å². The van der Waals surface area contributed by atoms with Gasteiger partial charge in [-0.1, -0.05) is 13.8 Å². The fourth-order valence-corrected chi connectivity index (χ4v) is 2.57. The van der Waals surface area contributed by atoms with Gasteiger partial charge in [0.15, 0.2) is 5.78 Å². The van der Waals surface area contributed by atoms with Crippen LogP contribution in [-0.2, 0) is 0 Å². The number of carbonyl (C=O) groups excluding carboxylic acids is 1. The van der Waals surface area contributed by atoms with Crippen molar-refractivity contribution in [1.82, 2.24) is 0 Å². The summed E-state index contributed by atoms with van der Waals surface area (Å²) in [6.45, 7) is 9.49. The summed E-state index contributed by atoms with van der Waals surface area (Å²) in [4.78, 5) is 14.1. The molecule has 1 aromatic carbocycles. The zero-order chi connectivity index (χ0) is 14.9. The van der Waals surface area contributed by atoms with Gasteiger partial charge in [-0.3, -0.25) is 4.79 Å². The van der Waals surface area contributed by atoms with E-state index in [2.05, 4.69) is 32.6 Å². The van der Waals surface area contributed by atoms with Gasteiger partial charge in [0.2, 0.25) is 0 Å². The Hall–Kier alpha value is -1.22. The molecule has 0 fully saturated rings. The van der Waals surface area contributed by atoms with Crippen molar-refractivity contribution in [3.05, 3.63) is 23.8 Å². The number of halogens is 1. The molecule has 0 N–H and O–H groups in total. The van der Waals surface area contributed by atoms with E-state index in [1.807, 2.05) is 12.1 Å². The van der Waals surface area contributed by atoms with Gasteiger partial charge in [-0.2, -0.15) is 0 Å². The predicted molar refractivity (Wildman–Crippen MR) is 83.2 cm³/mol. The third-order valence-corrected chi connectivity index (χ3v) is 3.98. The summed E-state index contributed by atoms with van der Waals surface area (Å²) in [5.74, 6) is 1.27. The third kappa shape index (κ3) is 2.93. The van der Waals surface area contributed by atoms with E-state index in [1.165, 1.54) is 0 Å². The molecule has 110 valence electrons. The second-order valence-electron chi connectivity index (χ2n) is 5.89. The molecule has 1 aliphatic rings. The quantitative estimate of drug-likeness (QED) is 0.626. The first-order valence-electron chi connectivity index (χ1n) is 7.10. The van der Waals surface area contributed by atoms with Crippen molar-refractivity contribution in [1.29, 1.82) is 0 Å². The Morgan fingerprint density at radius 3 is 2.65 bits per heavy atom. The van der Waals surface area contributed by atoms with Crippen LogP contribution in [0.5, 0.6) is 5.75 Å². The molecule has 0 aliphatic carbocycles. The summed E-state index contributed by atoms with van der Waals surface area (Å²) >= 11 is 5.64. The summed E-state index contributed by atoms with van der Waals surface area (Å²) in [7, 11) is 0. The molecular formula is C16H22ClNO2. The van der Waals surface area contributed by atoms with Gasteiger partial charge in [-0.15, -0.1) is 11.6 Å². The minimum atomic E-state index is -0.0517. The van der Waals surface area contributed by atoms with E-state index >= 15 is 0 Å². The molecule has 0 radical (unpaired) electrons. The summed E-state index contributed by atoms with van der Waals surface area (Å²) in [5.41, 5.74) is 1.64. The van der Waals surface area contributed by atoms with Crippen molar-refractivity contribution in [3.8, 4) is 5.75 Å². The molecule has 0 aromatic heterocycles. The Kier molecular flexibility index (Phi) is 4.59. The lowest BCUT2D eigenvalue weighted by Gasteiger charge is -2.40. The molecule has 0 bridgehead atoms. The van der Waals surface area contributed by atoms with E-state index in [1.54, 1.807) is 6.07 Å². The number of ether oxygens (including phenoxy) is 1. The van der Waals surface area contributed by atoms with Crippen LogP contribution in [0.1, 0.15) is 38.1 Å². The van der Waals surface area contributed by atoms with Gasteiger partial charge in [0.05, 0.1) is 18.1 Å². The van der Waals surface area contributed by atoms with Crippen molar-refractivity contribution in [2.75, 3.05) is 17.3 Å². The third-order valence-electron chi connectivity index (χ3n) is 3.73. The fourth-order valence-electron chi connectivity index (χ4n) is 2.42. The van der Waals surface area contributed by atoms with Gasteiger partial charge in [0, 0.05) is 11.6 Å². The summed E-state index contributed by atoms with van der Waals surface area (Å²) in [6.07, 6.45) is 0.180. The molecule has 2 rings (SSSR count). The first-order valence-corrected chi connectivity index (χ1v) is 7.64. The number of alkyl halides is 1. The van der Waals surface area contributed by atoms with Crippen LogP contribution in [0.15, 0.2) is 18.2 Å². The summed E-state index contributed by atoms with van der Waals surface area (Å²) < 4.78 is 6.06. The van der Waals surface area contributed by atoms with Crippen LogP contribution in [0.25, 0.3) is 0 Å². The normalized spacial score (nSPS) is 18.1. The molecule has 1 heterocycles. The van der Waals surface area contributed by atoms with E-state index in [0.717, 1.165) is 18.0 Å². The van der Waals surface area contributed by atoms with Crippen molar-refractivity contribution >= 4 is 23.1 Å². The molecule has 3 nitrogen and oxygen atoms in total. The number of hydrogen-bond donors (Lipinski definition) is 0. The van der Waals surface area contributed by atoms with E-state index < -0.39 is 0 Å². The highest BCUT2D eigenvalue weighted by molar-refractivity contribution is 6.30. The highest BCUT2D eigenvalue weighted by atomic mass is 35.5. The number of nitrogens with zero attached hydrogens (tertiary/aromatic N) is 1. The van der Waals surface area contributed by atoms with Crippen LogP contribution in [0.4, 0.5) is 5.69 Å². The standard InChI is InChI=1S/C16H22ClNO2/c1-10(2)16-9-18(11(3)4)13-7-12(14(19)8-17)5-6-15(13)20-16/h5-7,10-11,16H,8-9H2,1-4H3. The average Bonchev–Trinajstić information content (AvgIpc) is 2.44. The highest BCUT2D eigenvalue weighted by Gasteiger charge is 2.29. The number of ketones is 1. The summed E-state index contributed by atoms with van der Waals surface area (Å²) in [6, 6.07) is 5.95. The maximum absolute atomic E-state index is 11.8. The second kappa shape index (κ2) is 6.04. The molecular weight excluding hydrogens is 274 g/mol. The Balaban J connectivity index is 2.41. The molecule has 1 aromatic rings. The number of fused-ring (bicyclic) bond motifs is 1. The molecule has 20 heavy (non-hydrogen) atoms. The SMILES string of the molecule is CC(C)C1CN(C(C)C)c2cc(C(=O)CCl)ccc2O1. The molecule has 0 spiro atoms. The lowest BCUT2D eigenvalue weighted by Crippen LogP contribution is -2.45. The Bertz CT molecular complexity index is 499. The van der Waals surface area contributed by atoms with Crippen molar-refractivity contribution < 1.29 is 9.53 Å². The van der Waals surface area contributed by atoms with E-state index in [4.69, 9.17) is 16.3 Å². The van der Waals surface area contributed by atoms with Crippen molar-refractivity contribution in [3.63, 3.8) is 0 Å². The van der Waals surface area contributed by atoms with Gasteiger partial charge < -0.3 is 9.64 Å². The monoisotopic (exact) mass is 295 g/mol. The maximum atomic E-state index is 11.8. The zero-order valence-corrected chi connectivity index (χ0v) is 13.3. The number of hydrogen-bond acceptors (Lipinski definition) is 3. The number of benzene rings is 1. The fraction of sp³-hybridized carbons (Fsp3) is 0.562. The lowest BCUT2D eigenvalue weighted by atomic mass is 10.0. The molecule has 1 unspecified atom stereocenters. The summed E-state index contributed by atoms with van der Waals surface area (Å²) in [5, 5.41) is 0. The molecule has 1 atom stereocenters. The topological polar surface area (TPSA) is 29.5 Å². The minimum absolute atomic E-state index is 0.00986. The first kappa shape index (κ1) is 15.2. The molecule has 1 aliphatic heterocycles. The van der Waals surface area contributed by atoms with Gasteiger partial charge in [0.1, 0.15) is 11.9 Å².